The highest BCUT2D eigenvalue weighted by Crippen LogP contribution is 2.24. The Labute approximate surface area is 98.7 Å². The van der Waals surface area contributed by atoms with Crippen molar-refractivity contribution in [1.29, 1.82) is 0 Å². The minimum atomic E-state index is 0.705. The van der Waals surface area contributed by atoms with Crippen molar-refractivity contribution in [1.82, 2.24) is 15.0 Å². The molecule has 0 spiro atoms. The van der Waals surface area contributed by atoms with Crippen LogP contribution in [0.25, 0.3) is 22.6 Å². The summed E-state index contributed by atoms with van der Waals surface area (Å²) in [5.74, 6) is 1.44. The zero-order valence-electron chi connectivity index (χ0n) is 10.0. The van der Waals surface area contributed by atoms with Gasteiger partial charge < -0.3 is 9.40 Å². The smallest absolute Gasteiger partial charge is 0.192 e. The number of fused-ring (bicyclic) bond motifs is 1. The van der Waals surface area contributed by atoms with Crippen LogP contribution in [0.4, 0.5) is 0 Å². The number of H-pyrrole nitrogens is 1. The van der Waals surface area contributed by atoms with Gasteiger partial charge in [-0.05, 0) is 44.0 Å². The summed E-state index contributed by atoms with van der Waals surface area (Å²) in [6.45, 7) is 6.08. The number of aryl methyl sites for hydroxylation is 3. The molecule has 0 fully saturated rings. The summed E-state index contributed by atoms with van der Waals surface area (Å²) in [6, 6.07) is 4.18. The molecule has 86 valence electrons. The fourth-order valence-electron chi connectivity index (χ4n) is 1.91. The zero-order chi connectivity index (χ0) is 12.0. The van der Waals surface area contributed by atoms with Gasteiger partial charge in [0.15, 0.2) is 18.0 Å². The summed E-state index contributed by atoms with van der Waals surface area (Å²) in [4.78, 5) is 11.9. The molecular weight excluding hydrogens is 214 g/mol. The van der Waals surface area contributed by atoms with E-state index in [0.29, 0.717) is 5.76 Å². The molecule has 0 amide bonds. The third-order valence-electron chi connectivity index (χ3n) is 3.06. The van der Waals surface area contributed by atoms with Crippen molar-refractivity contribution in [3.63, 3.8) is 0 Å². The van der Waals surface area contributed by atoms with Gasteiger partial charge in [-0.3, -0.25) is 0 Å². The van der Waals surface area contributed by atoms with E-state index in [-0.39, 0.29) is 0 Å². The molecule has 3 rings (SSSR count). The van der Waals surface area contributed by atoms with Crippen LogP contribution in [0.3, 0.4) is 0 Å². The second-order valence-corrected chi connectivity index (χ2v) is 4.31. The van der Waals surface area contributed by atoms with Crippen molar-refractivity contribution in [2.45, 2.75) is 20.8 Å². The first kappa shape index (κ1) is 10.1. The molecule has 2 heterocycles. The van der Waals surface area contributed by atoms with Gasteiger partial charge >= 0.3 is 0 Å². The van der Waals surface area contributed by atoms with Gasteiger partial charge in [-0.25, -0.2) is 9.97 Å². The van der Waals surface area contributed by atoms with Crippen LogP contribution in [-0.2, 0) is 0 Å². The monoisotopic (exact) mass is 227 g/mol. The summed E-state index contributed by atoms with van der Waals surface area (Å²) in [5, 5.41) is 0. The number of oxazole rings is 1. The predicted octanol–water partition coefficient (Wildman–Crippen LogP) is 3.14. The summed E-state index contributed by atoms with van der Waals surface area (Å²) >= 11 is 0. The lowest BCUT2D eigenvalue weighted by atomic mass is 10.1. The van der Waals surface area contributed by atoms with Crippen LogP contribution >= 0.6 is 0 Å². The van der Waals surface area contributed by atoms with Crippen LogP contribution in [0.5, 0.6) is 0 Å². The Kier molecular flexibility index (Phi) is 2.04. The van der Waals surface area contributed by atoms with Crippen LogP contribution in [-0.4, -0.2) is 15.0 Å². The topological polar surface area (TPSA) is 54.7 Å². The number of imidazole rings is 1. The number of nitrogens with one attached hydrogen (secondary N) is 1. The van der Waals surface area contributed by atoms with Crippen molar-refractivity contribution in [3.05, 3.63) is 35.3 Å². The van der Waals surface area contributed by atoms with Crippen molar-refractivity contribution >= 4 is 11.0 Å². The molecule has 2 aromatic heterocycles. The number of aromatic amines is 1. The van der Waals surface area contributed by atoms with E-state index in [4.69, 9.17) is 4.42 Å². The Balaban J connectivity index is 2.24. The van der Waals surface area contributed by atoms with Gasteiger partial charge in [0.2, 0.25) is 0 Å². The van der Waals surface area contributed by atoms with Crippen molar-refractivity contribution < 1.29 is 4.42 Å². The fraction of sp³-hybridized carbons (Fsp3) is 0.231. The molecule has 1 aromatic carbocycles. The highest BCUT2D eigenvalue weighted by molar-refractivity contribution is 5.80. The van der Waals surface area contributed by atoms with Gasteiger partial charge in [-0.1, -0.05) is 0 Å². The minimum absolute atomic E-state index is 0.705. The quantitative estimate of drug-likeness (QED) is 0.694. The lowest BCUT2D eigenvalue weighted by Crippen LogP contribution is -1.80. The van der Waals surface area contributed by atoms with Gasteiger partial charge in [0.1, 0.15) is 0 Å². The molecule has 17 heavy (non-hydrogen) atoms. The standard InChI is InChI=1S/C13H13N3O/c1-7-4-10-11(5-8(7)2)16-13(15-10)12-9(3)14-6-17-12/h4-6H,1-3H3,(H,15,16). The number of nitrogens with zero attached hydrogens (tertiary/aromatic N) is 2. The van der Waals surface area contributed by atoms with E-state index in [9.17, 15) is 0 Å². The summed E-state index contributed by atoms with van der Waals surface area (Å²) in [6.07, 6.45) is 1.44. The van der Waals surface area contributed by atoms with Gasteiger partial charge in [-0.15, -0.1) is 0 Å². The maximum absolute atomic E-state index is 5.34. The fourth-order valence-corrected chi connectivity index (χ4v) is 1.91. The maximum Gasteiger partial charge on any atom is 0.192 e. The second-order valence-electron chi connectivity index (χ2n) is 4.31. The van der Waals surface area contributed by atoms with Crippen LogP contribution in [0.2, 0.25) is 0 Å². The van der Waals surface area contributed by atoms with E-state index < -0.39 is 0 Å². The molecule has 0 saturated carbocycles. The molecule has 0 radical (unpaired) electrons. The molecule has 4 heteroatoms. The zero-order valence-corrected chi connectivity index (χ0v) is 10.0. The molecule has 0 bridgehead atoms. The third-order valence-corrected chi connectivity index (χ3v) is 3.06. The van der Waals surface area contributed by atoms with Crippen LogP contribution in [0.1, 0.15) is 16.8 Å². The minimum Gasteiger partial charge on any atom is -0.440 e. The van der Waals surface area contributed by atoms with E-state index in [0.717, 1.165) is 22.6 Å². The van der Waals surface area contributed by atoms with E-state index in [1.807, 2.05) is 6.92 Å². The van der Waals surface area contributed by atoms with Crippen LogP contribution in [0.15, 0.2) is 22.9 Å². The average molecular weight is 227 g/mol. The Hall–Kier alpha value is -2.10. The predicted molar refractivity (Wildman–Crippen MR) is 65.8 cm³/mol. The molecule has 1 N–H and O–H groups in total. The summed E-state index contributed by atoms with van der Waals surface area (Å²) < 4.78 is 5.34. The van der Waals surface area contributed by atoms with Crippen LogP contribution in [0, 0.1) is 20.8 Å². The average Bonchev–Trinajstić information content (AvgIpc) is 2.85. The molecule has 0 saturated heterocycles. The highest BCUT2D eigenvalue weighted by Gasteiger charge is 2.12. The lowest BCUT2D eigenvalue weighted by Gasteiger charge is -1.97. The molecule has 4 nitrogen and oxygen atoms in total. The van der Waals surface area contributed by atoms with E-state index in [2.05, 4.69) is 40.9 Å². The molecule has 0 aliphatic rings. The van der Waals surface area contributed by atoms with Gasteiger partial charge in [0, 0.05) is 0 Å². The second kappa shape index (κ2) is 3.45. The van der Waals surface area contributed by atoms with Gasteiger partial charge in [0.25, 0.3) is 0 Å². The Morgan fingerprint density at radius 1 is 1.12 bits per heavy atom. The lowest BCUT2D eigenvalue weighted by molar-refractivity contribution is 0.567. The molecular formula is C13H13N3O. The Bertz CT molecular complexity index is 655. The van der Waals surface area contributed by atoms with Crippen molar-refractivity contribution in [2.24, 2.45) is 0 Å². The van der Waals surface area contributed by atoms with Crippen LogP contribution < -0.4 is 0 Å². The maximum atomic E-state index is 5.34. The van der Waals surface area contributed by atoms with Gasteiger partial charge in [-0.2, -0.15) is 0 Å². The van der Waals surface area contributed by atoms with Gasteiger partial charge in [0.05, 0.1) is 16.7 Å². The number of hydrogen-bond donors (Lipinski definition) is 1. The highest BCUT2D eigenvalue weighted by atomic mass is 16.3. The number of aromatic nitrogens is 3. The third kappa shape index (κ3) is 1.53. The molecule has 0 atom stereocenters. The summed E-state index contributed by atoms with van der Waals surface area (Å²) in [5.41, 5.74) is 5.32. The first-order valence-corrected chi connectivity index (χ1v) is 5.52. The normalized spacial score (nSPS) is 11.2. The largest absolute Gasteiger partial charge is 0.440 e. The first-order valence-electron chi connectivity index (χ1n) is 5.52. The first-order chi connectivity index (χ1) is 8.15. The Morgan fingerprint density at radius 3 is 2.59 bits per heavy atom. The molecule has 0 unspecified atom stereocenters. The number of benzene rings is 1. The Morgan fingerprint density at radius 2 is 1.88 bits per heavy atom. The molecule has 0 aliphatic carbocycles. The number of hydrogen-bond acceptors (Lipinski definition) is 3. The van der Waals surface area contributed by atoms with Crippen molar-refractivity contribution in [3.8, 4) is 11.6 Å². The van der Waals surface area contributed by atoms with E-state index in [1.165, 1.54) is 17.5 Å². The van der Waals surface area contributed by atoms with E-state index in [1.54, 1.807) is 0 Å². The summed E-state index contributed by atoms with van der Waals surface area (Å²) in [7, 11) is 0. The SMILES string of the molecule is Cc1cc2nc(-c3ocnc3C)[nH]c2cc1C. The molecule has 3 aromatic rings. The van der Waals surface area contributed by atoms with Crippen molar-refractivity contribution in [2.75, 3.05) is 0 Å². The number of rotatable bonds is 1. The van der Waals surface area contributed by atoms with E-state index >= 15 is 0 Å². The molecule has 0 aliphatic heterocycles.